The number of halogens is 1. The molecule has 146 valence electrons. The molecule has 0 saturated heterocycles. The van der Waals surface area contributed by atoms with Crippen molar-refractivity contribution in [3.05, 3.63) is 34.8 Å². The third-order valence-corrected chi connectivity index (χ3v) is 9.09. The van der Waals surface area contributed by atoms with Crippen LogP contribution in [0.2, 0.25) is 0 Å². The van der Waals surface area contributed by atoms with Gasteiger partial charge in [-0.3, -0.25) is 9.59 Å². The highest BCUT2D eigenvalue weighted by atomic mass is 32.2. The van der Waals surface area contributed by atoms with E-state index in [0.717, 1.165) is 34.6 Å². The molecule has 0 aromatic carbocycles. The predicted molar refractivity (Wildman–Crippen MR) is 108 cm³/mol. The molecule has 7 atom stereocenters. The second kappa shape index (κ2) is 6.17. The number of carbonyl (C=O) groups excluding carboxylic acids is 2. The molecule has 4 aliphatic carbocycles. The first-order valence-electron chi connectivity index (χ1n) is 10.2. The fraction of sp³-hybridized carbons (Fsp3) is 0.652. The molecule has 0 radical (unpaired) electrons. The lowest BCUT2D eigenvalue weighted by Crippen LogP contribution is -2.53. The number of hydrogen-bond donors (Lipinski definition) is 0. The maximum atomic E-state index is 14.4. The Morgan fingerprint density at radius 3 is 2.67 bits per heavy atom. The van der Waals surface area contributed by atoms with Crippen molar-refractivity contribution in [1.29, 1.82) is 0 Å². The van der Waals surface area contributed by atoms with Gasteiger partial charge in [-0.25, -0.2) is 4.39 Å². The van der Waals surface area contributed by atoms with Crippen molar-refractivity contribution in [1.82, 2.24) is 0 Å². The molecule has 0 aromatic rings. The molecule has 0 unspecified atom stereocenters. The van der Waals surface area contributed by atoms with Crippen molar-refractivity contribution in [3.8, 4) is 0 Å². The van der Waals surface area contributed by atoms with Gasteiger partial charge in [0.25, 0.3) is 0 Å². The van der Waals surface area contributed by atoms with Gasteiger partial charge in [0.05, 0.1) is 4.91 Å². The van der Waals surface area contributed by atoms with Gasteiger partial charge in [0.1, 0.15) is 0 Å². The average molecular weight is 389 g/mol. The molecule has 27 heavy (non-hydrogen) atoms. The summed E-state index contributed by atoms with van der Waals surface area (Å²) in [5, 5.41) is 0. The van der Waals surface area contributed by atoms with Crippen molar-refractivity contribution in [2.45, 2.75) is 53.1 Å². The third kappa shape index (κ3) is 2.38. The minimum absolute atomic E-state index is 0.0668. The van der Waals surface area contributed by atoms with Crippen LogP contribution in [-0.2, 0) is 9.59 Å². The Kier molecular flexibility index (Phi) is 4.38. The lowest BCUT2D eigenvalue weighted by atomic mass is 9.45. The molecule has 0 aromatic heterocycles. The van der Waals surface area contributed by atoms with E-state index in [0.29, 0.717) is 12.3 Å². The number of alkyl halides is 1. The lowest BCUT2D eigenvalue weighted by Gasteiger charge is -2.58. The van der Waals surface area contributed by atoms with E-state index in [-0.39, 0.29) is 34.7 Å². The Labute approximate surface area is 165 Å². The largest absolute Gasteiger partial charge is 0.296 e. The summed E-state index contributed by atoms with van der Waals surface area (Å²) < 4.78 is 14.4. The Morgan fingerprint density at radius 2 is 2.00 bits per heavy atom. The number of rotatable bonds is 2. The number of thioether (sulfide) groups is 1. The number of fused-ring (bicyclic) bond motifs is 5. The summed E-state index contributed by atoms with van der Waals surface area (Å²) in [7, 11) is 0. The molecule has 0 spiro atoms. The molecule has 4 heteroatoms. The van der Waals surface area contributed by atoms with Crippen LogP contribution in [0.5, 0.6) is 0 Å². The van der Waals surface area contributed by atoms with Crippen molar-refractivity contribution in [2.24, 2.45) is 34.5 Å². The number of Topliss-reactive ketones (excluding diaryl/α,β-unsaturated/α-hetero) is 1. The first-order valence-corrected chi connectivity index (χ1v) is 11.1. The van der Waals surface area contributed by atoms with Crippen LogP contribution in [0.25, 0.3) is 0 Å². The summed E-state index contributed by atoms with van der Waals surface area (Å²) in [6.07, 6.45) is 4.48. The summed E-state index contributed by atoms with van der Waals surface area (Å²) >= 11 is 1.61. The molecular formula is C23H29FO2S. The molecule has 4 rings (SSSR count). The van der Waals surface area contributed by atoms with E-state index in [1.165, 1.54) is 0 Å². The number of allylic oxidation sites excluding steroid dienone is 5. The van der Waals surface area contributed by atoms with Gasteiger partial charge in [-0.05, 0) is 65.9 Å². The second-order valence-electron chi connectivity index (χ2n) is 9.25. The van der Waals surface area contributed by atoms with Gasteiger partial charge in [0, 0.05) is 10.8 Å². The van der Waals surface area contributed by atoms with E-state index in [1.54, 1.807) is 17.8 Å². The standard InChI is InChI=1S/C23H29FO2S/c1-6-27-20-17(25)8-10-22(4)14-7-9-23(5)15(11-16(24)21(23)26)18(14)12(2)13(3)19(20)22/h8,10,12,14-16,18H,3,6-7,9,11H2,1-2,4-5H3/t12-,14+,15+,16-,18-,22-,23+/m1/s1. The lowest BCUT2D eigenvalue weighted by molar-refractivity contribution is -0.135. The molecule has 0 bridgehead atoms. The van der Waals surface area contributed by atoms with Crippen LogP contribution in [-0.4, -0.2) is 23.5 Å². The van der Waals surface area contributed by atoms with Crippen LogP contribution >= 0.6 is 11.8 Å². The molecule has 0 amide bonds. The minimum atomic E-state index is -1.32. The summed E-state index contributed by atoms with van der Waals surface area (Å²) in [6, 6.07) is 0. The summed E-state index contributed by atoms with van der Waals surface area (Å²) in [6.45, 7) is 12.9. The van der Waals surface area contributed by atoms with E-state index in [9.17, 15) is 14.0 Å². The third-order valence-electron chi connectivity index (χ3n) is 8.11. The Hall–Kier alpha value is -1.16. The maximum absolute atomic E-state index is 14.4. The Balaban J connectivity index is 1.85. The van der Waals surface area contributed by atoms with Crippen LogP contribution in [0.3, 0.4) is 0 Å². The van der Waals surface area contributed by atoms with E-state index in [4.69, 9.17) is 0 Å². The Bertz CT molecular complexity index is 796. The van der Waals surface area contributed by atoms with Gasteiger partial charge in [-0.1, -0.05) is 40.3 Å². The fourth-order valence-electron chi connectivity index (χ4n) is 6.67. The zero-order valence-electron chi connectivity index (χ0n) is 16.7. The zero-order valence-corrected chi connectivity index (χ0v) is 17.5. The van der Waals surface area contributed by atoms with Crippen molar-refractivity contribution >= 4 is 23.3 Å². The van der Waals surface area contributed by atoms with Crippen LogP contribution in [0.15, 0.2) is 34.8 Å². The van der Waals surface area contributed by atoms with E-state index >= 15 is 0 Å². The second-order valence-corrected chi connectivity index (χ2v) is 10.5. The van der Waals surface area contributed by atoms with Gasteiger partial charge in [-0.15, -0.1) is 11.8 Å². The molecule has 0 aliphatic heterocycles. The monoisotopic (exact) mass is 388 g/mol. The quantitative estimate of drug-likeness (QED) is 0.643. The first-order chi connectivity index (χ1) is 12.7. The van der Waals surface area contributed by atoms with Crippen LogP contribution in [0.1, 0.15) is 47.0 Å². The number of hydrogen-bond acceptors (Lipinski definition) is 3. The smallest absolute Gasteiger partial charge is 0.192 e. The summed E-state index contributed by atoms with van der Waals surface area (Å²) in [4.78, 5) is 26.1. The molecule has 2 nitrogen and oxygen atoms in total. The van der Waals surface area contributed by atoms with Gasteiger partial charge < -0.3 is 0 Å². The number of ketones is 2. The van der Waals surface area contributed by atoms with Gasteiger partial charge in [0.2, 0.25) is 0 Å². The predicted octanol–water partition coefficient (Wildman–Crippen LogP) is 5.30. The van der Waals surface area contributed by atoms with Crippen LogP contribution in [0, 0.1) is 34.5 Å². The highest BCUT2D eigenvalue weighted by Gasteiger charge is 2.63. The summed E-state index contributed by atoms with van der Waals surface area (Å²) in [5.74, 6) is 1.53. The molecular weight excluding hydrogens is 359 g/mol. The number of carbonyl (C=O) groups is 2. The molecule has 4 aliphatic rings. The zero-order chi connectivity index (χ0) is 19.7. The van der Waals surface area contributed by atoms with E-state index in [2.05, 4.69) is 33.4 Å². The van der Waals surface area contributed by atoms with E-state index in [1.807, 2.05) is 6.92 Å². The minimum Gasteiger partial charge on any atom is -0.296 e. The van der Waals surface area contributed by atoms with Gasteiger partial charge in [-0.2, -0.15) is 0 Å². The average Bonchev–Trinajstić information content (AvgIpc) is 2.86. The highest BCUT2D eigenvalue weighted by Crippen LogP contribution is 2.67. The molecule has 0 heterocycles. The molecule has 0 N–H and O–H groups in total. The maximum Gasteiger partial charge on any atom is 0.192 e. The summed E-state index contributed by atoms with van der Waals surface area (Å²) in [5.41, 5.74) is 1.34. The fourth-order valence-corrected chi connectivity index (χ4v) is 7.66. The van der Waals surface area contributed by atoms with Crippen molar-refractivity contribution in [3.63, 3.8) is 0 Å². The topological polar surface area (TPSA) is 34.1 Å². The van der Waals surface area contributed by atoms with Crippen LogP contribution in [0.4, 0.5) is 4.39 Å². The van der Waals surface area contributed by atoms with Gasteiger partial charge >= 0.3 is 0 Å². The Morgan fingerprint density at radius 1 is 1.30 bits per heavy atom. The molecule has 3 fully saturated rings. The van der Waals surface area contributed by atoms with Crippen molar-refractivity contribution < 1.29 is 14.0 Å². The SMILES string of the molecule is C=C1C2=C(SCC)C(=O)C=C[C@]2(C)[C@H]2CC[C@]3(C)C(=O)[C@H](F)C[C@H]3[C@@H]2[C@@H]1C. The van der Waals surface area contributed by atoms with Crippen molar-refractivity contribution in [2.75, 3.05) is 5.75 Å². The highest BCUT2D eigenvalue weighted by molar-refractivity contribution is 8.04. The van der Waals surface area contributed by atoms with E-state index < -0.39 is 11.6 Å². The van der Waals surface area contributed by atoms with Crippen LogP contribution < -0.4 is 0 Å². The molecule has 3 saturated carbocycles. The van der Waals surface area contributed by atoms with Gasteiger partial charge in [0.15, 0.2) is 17.7 Å². The first kappa shape index (κ1) is 19.2. The normalized spacial score (nSPS) is 46.4.